The van der Waals surface area contributed by atoms with Crippen molar-refractivity contribution in [2.24, 2.45) is 0 Å². The van der Waals surface area contributed by atoms with Gasteiger partial charge in [0.05, 0.1) is 6.07 Å². The van der Waals surface area contributed by atoms with E-state index in [0.717, 1.165) is 22.8 Å². The van der Waals surface area contributed by atoms with Crippen LogP contribution in [0.1, 0.15) is 23.1 Å². The molecular formula is C13H13NO2. The quantitative estimate of drug-likeness (QED) is 0.785. The molecule has 82 valence electrons. The maximum absolute atomic E-state index is 10.4. The third-order valence-corrected chi connectivity index (χ3v) is 2.34. The number of rotatable bonds is 4. The molecule has 0 atom stereocenters. The lowest BCUT2D eigenvalue weighted by atomic mass is 9.97. The molecule has 0 aliphatic carbocycles. The fraction of sp³-hybridized carbons (Fsp3) is 0.231. The van der Waals surface area contributed by atoms with E-state index < -0.39 is 5.97 Å². The molecule has 3 heteroatoms. The van der Waals surface area contributed by atoms with Crippen molar-refractivity contribution in [3.05, 3.63) is 41.0 Å². The minimum absolute atomic E-state index is 0.443. The van der Waals surface area contributed by atoms with Gasteiger partial charge in [-0.25, -0.2) is 4.79 Å². The highest BCUT2D eigenvalue weighted by Crippen LogP contribution is 2.17. The summed E-state index contributed by atoms with van der Waals surface area (Å²) in [6, 6.07) is 7.80. The third kappa shape index (κ3) is 3.25. The van der Waals surface area contributed by atoms with Crippen molar-refractivity contribution in [3.63, 3.8) is 0 Å². The summed E-state index contributed by atoms with van der Waals surface area (Å²) < 4.78 is 0. The highest BCUT2D eigenvalue weighted by molar-refractivity contribution is 5.85. The van der Waals surface area contributed by atoms with Gasteiger partial charge < -0.3 is 5.11 Å². The molecule has 0 amide bonds. The molecule has 1 aromatic carbocycles. The van der Waals surface area contributed by atoms with Gasteiger partial charge in [0, 0.05) is 12.5 Å². The van der Waals surface area contributed by atoms with Crippen LogP contribution in [-0.2, 0) is 11.2 Å². The fourth-order valence-corrected chi connectivity index (χ4v) is 1.56. The van der Waals surface area contributed by atoms with Crippen molar-refractivity contribution < 1.29 is 9.90 Å². The van der Waals surface area contributed by atoms with Gasteiger partial charge >= 0.3 is 5.97 Å². The first-order valence-corrected chi connectivity index (χ1v) is 5.01. The molecule has 0 unspecified atom stereocenters. The summed E-state index contributed by atoms with van der Waals surface area (Å²) >= 11 is 0. The van der Waals surface area contributed by atoms with E-state index in [4.69, 9.17) is 10.4 Å². The molecule has 0 saturated heterocycles. The van der Waals surface area contributed by atoms with Gasteiger partial charge in [-0.05, 0) is 36.1 Å². The van der Waals surface area contributed by atoms with Crippen LogP contribution >= 0.6 is 0 Å². The van der Waals surface area contributed by atoms with Crippen LogP contribution < -0.4 is 0 Å². The van der Waals surface area contributed by atoms with Gasteiger partial charge in [0.2, 0.25) is 0 Å². The van der Waals surface area contributed by atoms with Gasteiger partial charge in [-0.1, -0.05) is 18.2 Å². The van der Waals surface area contributed by atoms with Gasteiger partial charge in [0.1, 0.15) is 0 Å². The molecule has 1 N–H and O–H groups in total. The zero-order valence-corrected chi connectivity index (χ0v) is 9.10. The molecule has 16 heavy (non-hydrogen) atoms. The predicted octanol–water partition coefficient (Wildman–Crippen LogP) is 2.55. The second kappa shape index (κ2) is 5.72. The largest absolute Gasteiger partial charge is 0.478 e. The lowest BCUT2D eigenvalue weighted by Gasteiger charge is -2.07. The maximum atomic E-state index is 10.4. The molecule has 0 aromatic heterocycles. The highest BCUT2D eigenvalue weighted by Gasteiger charge is 2.03. The minimum Gasteiger partial charge on any atom is -0.478 e. The molecule has 0 fully saturated rings. The van der Waals surface area contributed by atoms with Crippen LogP contribution in [0.2, 0.25) is 0 Å². The normalized spacial score (nSPS) is 10.2. The lowest BCUT2D eigenvalue weighted by molar-refractivity contribution is -0.131. The number of carboxylic acids is 1. The summed E-state index contributed by atoms with van der Waals surface area (Å²) in [5, 5.41) is 17.1. The zero-order chi connectivity index (χ0) is 12.0. The molecular weight excluding hydrogens is 202 g/mol. The molecule has 1 rings (SSSR count). The maximum Gasteiger partial charge on any atom is 0.328 e. The number of carboxylic acid groups (broad SMARTS) is 1. The van der Waals surface area contributed by atoms with Crippen LogP contribution in [0.4, 0.5) is 0 Å². The van der Waals surface area contributed by atoms with Crippen molar-refractivity contribution in [2.75, 3.05) is 0 Å². The van der Waals surface area contributed by atoms with E-state index in [9.17, 15) is 4.79 Å². The topological polar surface area (TPSA) is 61.1 Å². The molecule has 0 heterocycles. The Labute approximate surface area is 94.6 Å². The standard InChI is InChI=1S/C13H13NO2/c1-10-4-2-5-11(7-8-13(15)16)12(10)6-3-9-14/h2,4-5,7-8H,3,6H2,1H3,(H,15,16)/b8-7+. The van der Waals surface area contributed by atoms with Crippen molar-refractivity contribution in [3.8, 4) is 6.07 Å². The van der Waals surface area contributed by atoms with Crippen molar-refractivity contribution in [1.82, 2.24) is 0 Å². The molecule has 0 bridgehead atoms. The predicted molar refractivity (Wildman–Crippen MR) is 61.8 cm³/mol. The van der Waals surface area contributed by atoms with E-state index in [2.05, 4.69) is 6.07 Å². The first-order chi connectivity index (χ1) is 7.65. The number of aryl methyl sites for hydroxylation is 1. The third-order valence-electron chi connectivity index (χ3n) is 2.34. The second-order valence-electron chi connectivity index (χ2n) is 3.47. The summed E-state index contributed by atoms with van der Waals surface area (Å²) in [4.78, 5) is 10.4. The molecule has 3 nitrogen and oxygen atoms in total. The van der Waals surface area contributed by atoms with Gasteiger partial charge in [0.15, 0.2) is 0 Å². The number of hydrogen-bond donors (Lipinski definition) is 1. The van der Waals surface area contributed by atoms with E-state index in [0.29, 0.717) is 12.8 Å². The number of nitriles is 1. The smallest absolute Gasteiger partial charge is 0.328 e. The van der Waals surface area contributed by atoms with Crippen molar-refractivity contribution in [2.45, 2.75) is 19.8 Å². The Balaban J connectivity index is 3.03. The van der Waals surface area contributed by atoms with E-state index in [1.54, 1.807) is 6.08 Å². The van der Waals surface area contributed by atoms with E-state index in [1.807, 2.05) is 25.1 Å². The first-order valence-electron chi connectivity index (χ1n) is 5.01. The van der Waals surface area contributed by atoms with Crippen LogP contribution in [-0.4, -0.2) is 11.1 Å². The Kier molecular flexibility index (Phi) is 4.28. The highest BCUT2D eigenvalue weighted by atomic mass is 16.4. The van der Waals surface area contributed by atoms with Crippen LogP contribution in [0.25, 0.3) is 6.08 Å². The molecule has 0 aliphatic heterocycles. The molecule has 0 radical (unpaired) electrons. The summed E-state index contributed by atoms with van der Waals surface area (Å²) in [6.07, 6.45) is 3.79. The van der Waals surface area contributed by atoms with Gasteiger partial charge in [-0.15, -0.1) is 0 Å². The summed E-state index contributed by atoms with van der Waals surface area (Å²) in [6.45, 7) is 1.96. The van der Waals surface area contributed by atoms with Crippen LogP contribution in [0.5, 0.6) is 0 Å². The van der Waals surface area contributed by atoms with Crippen molar-refractivity contribution in [1.29, 1.82) is 5.26 Å². The number of carbonyl (C=O) groups is 1. The Morgan fingerprint density at radius 2 is 2.31 bits per heavy atom. The SMILES string of the molecule is Cc1cccc(/C=C/C(=O)O)c1CCC#N. The fourth-order valence-electron chi connectivity index (χ4n) is 1.56. The van der Waals surface area contributed by atoms with Crippen LogP contribution in [0.15, 0.2) is 24.3 Å². The number of aliphatic carboxylic acids is 1. The Morgan fingerprint density at radius 3 is 2.94 bits per heavy atom. The average molecular weight is 215 g/mol. The summed E-state index contributed by atoms with van der Waals surface area (Å²) in [7, 11) is 0. The number of nitrogens with zero attached hydrogens (tertiary/aromatic N) is 1. The van der Waals surface area contributed by atoms with Gasteiger partial charge in [0.25, 0.3) is 0 Å². The monoisotopic (exact) mass is 215 g/mol. The van der Waals surface area contributed by atoms with E-state index in [-0.39, 0.29) is 0 Å². The van der Waals surface area contributed by atoms with Crippen LogP contribution in [0, 0.1) is 18.3 Å². The first kappa shape index (κ1) is 12.0. The van der Waals surface area contributed by atoms with Crippen LogP contribution in [0.3, 0.4) is 0 Å². The Bertz CT molecular complexity index is 455. The number of benzene rings is 1. The molecule has 0 spiro atoms. The second-order valence-corrected chi connectivity index (χ2v) is 3.47. The van der Waals surface area contributed by atoms with Crippen molar-refractivity contribution >= 4 is 12.0 Å². The van der Waals surface area contributed by atoms with E-state index in [1.165, 1.54) is 0 Å². The summed E-state index contributed by atoms with van der Waals surface area (Å²) in [5.41, 5.74) is 3.00. The Morgan fingerprint density at radius 1 is 1.56 bits per heavy atom. The molecule has 1 aromatic rings. The van der Waals surface area contributed by atoms with E-state index >= 15 is 0 Å². The Hall–Kier alpha value is -2.08. The average Bonchev–Trinajstić information content (AvgIpc) is 2.25. The lowest BCUT2D eigenvalue weighted by Crippen LogP contribution is -1.94. The summed E-state index contributed by atoms with van der Waals surface area (Å²) in [5.74, 6) is -0.965. The molecule has 0 saturated carbocycles. The zero-order valence-electron chi connectivity index (χ0n) is 9.10. The molecule has 0 aliphatic rings. The van der Waals surface area contributed by atoms with Gasteiger partial charge in [-0.3, -0.25) is 0 Å². The minimum atomic E-state index is -0.965. The van der Waals surface area contributed by atoms with Gasteiger partial charge in [-0.2, -0.15) is 5.26 Å². The number of hydrogen-bond acceptors (Lipinski definition) is 2.